The predicted molar refractivity (Wildman–Crippen MR) is 143 cm³/mol. The van der Waals surface area contributed by atoms with Crippen LogP contribution in [0.1, 0.15) is 39.0 Å². The topological polar surface area (TPSA) is 93.5 Å². The second kappa shape index (κ2) is 10.1. The molecule has 36 heavy (non-hydrogen) atoms. The van der Waals surface area contributed by atoms with Crippen molar-refractivity contribution >= 4 is 18.7 Å². The number of aromatic nitrogens is 2. The summed E-state index contributed by atoms with van der Waals surface area (Å²) in [6, 6.07) is 20.4. The van der Waals surface area contributed by atoms with E-state index in [1.165, 1.54) is 16.8 Å². The van der Waals surface area contributed by atoms with Crippen LogP contribution in [0.3, 0.4) is 0 Å². The van der Waals surface area contributed by atoms with Crippen molar-refractivity contribution in [2.45, 2.75) is 63.7 Å². The van der Waals surface area contributed by atoms with Gasteiger partial charge in [-0.3, -0.25) is 14.3 Å². The monoisotopic (exact) mass is 506 g/mol. The van der Waals surface area contributed by atoms with Crippen LogP contribution in [0.4, 0.5) is 0 Å². The first-order valence-electron chi connectivity index (χ1n) is 12.2. The number of nitrogens with one attached hydrogen (secondary N) is 1. The van der Waals surface area contributed by atoms with Crippen molar-refractivity contribution in [2.24, 2.45) is 0 Å². The fourth-order valence-electron chi connectivity index (χ4n) is 5.10. The Morgan fingerprint density at radius 1 is 1.11 bits per heavy atom. The molecule has 3 aromatic rings. The normalized spacial score (nSPS) is 21.3. The number of hydrogen-bond acceptors (Lipinski definition) is 5. The Morgan fingerprint density at radius 3 is 2.17 bits per heavy atom. The van der Waals surface area contributed by atoms with E-state index < -0.39 is 44.1 Å². The Kier molecular flexibility index (Phi) is 7.33. The number of H-pyrrole nitrogens is 1. The third kappa shape index (κ3) is 4.69. The van der Waals surface area contributed by atoms with Crippen LogP contribution < -0.4 is 21.6 Å². The third-order valence-electron chi connectivity index (χ3n) is 6.89. The van der Waals surface area contributed by atoms with E-state index in [4.69, 9.17) is 9.16 Å². The van der Waals surface area contributed by atoms with Crippen LogP contribution in [0.15, 0.2) is 89.1 Å². The first kappa shape index (κ1) is 26.0. The minimum Gasteiger partial charge on any atom is -0.402 e. The van der Waals surface area contributed by atoms with Crippen molar-refractivity contribution in [3.63, 3.8) is 0 Å². The smallest absolute Gasteiger partial charge is 0.330 e. The van der Waals surface area contributed by atoms with Crippen molar-refractivity contribution in [3.8, 4) is 0 Å². The number of aryl methyl sites for hydroxylation is 1. The highest BCUT2D eigenvalue weighted by atomic mass is 28.4. The number of aromatic amines is 1. The van der Waals surface area contributed by atoms with E-state index >= 15 is 0 Å². The standard InChI is InChI=1S/C28H34N2O5Si/c1-6-22(31)25-23(17-24(34-25)30-18-19(2)26(32)29-27(30)33)35-36(28(3,4)5,20-13-9-7-10-14-20)21-15-11-8-12-16-21/h6-16,18,22-25,31H,1,17H2,2-5H3,(H,29,32,33)/t22?,23-,24+,25+/m0/s1. The highest BCUT2D eigenvalue weighted by Crippen LogP contribution is 2.41. The Labute approximate surface area is 212 Å². The molecule has 0 bridgehead atoms. The minimum atomic E-state index is -2.95. The van der Waals surface area contributed by atoms with E-state index in [0.29, 0.717) is 12.0 Å². The molecule has 1 fully saturated rings. The highest BCUT2D eigenvalue weighted by Gasteiger charge is 2.54. The third-order valence-corrected chi connectivity index (χ3v) is 12.0. The summed E-state index contributed by atoms with van der Waals surface area (Å²) in [4.78, 5) is 26.9. The van der Waals surface area contributed by atoms with Crippen molar-refractivity contribution in [2.75, 3.05) is 0 Å². The van der Waals surface area contributed by atoms with Crippen molar-refractivity contribution in [1.29, 1.82) is 0 Å². The number of nitrogens with zero attached hydrogens (tertiary/aromatic N) is 1. The van der Waals surface area contributed by atoms with Crippen LogP contribution in [-0.4, -0.2) is 41.3 Å². The molecule has 4 atom stereocenters. The number of hydrogen-bond donors (Lipinski definition) is 2. The molecule has 8 heteroatoms. The predicted octanol–water partition coefficient (Wildman–Crippen LogP) is 2.62. The van der Waals surface area contributed by atoms with E-state index in [-0.39, 0.29) is 5.04 Å². The van der Waals surface area contributed by atoms with Crippen molar-refractivity contribution in [1.82, 2.24) is 9.55 Å². The van der Waals surface area contributed by atoms with E-state index in [2.05, 4.69) is 56.6 Å². The zero-order chi connectivity index (χ0) is 26.1. The zero-order valence-electron chi connectivity index (χ0n) is 21.2. The summed E-state index contributed by atoms with van der Waals surface area (Å²) in [5, 5.41) is 12.8. The van der Waals surface area contributed by atoms with Gasteiger partial charge in [0.25, 0.3) is 13.9 Å². The van der Waals surface area contributed by atoms with Crippen LogP contribution in [0.2, 0.25) is 5.04 Å². The van der Waals surface area contributed by atoms with Gasteiger partial charge >= 0.3 is 5.69 Å². The Balaban J connectivity index is 1.84. The number of aliphatic hydroxyl groups excluding tert-OH is 1. The summed E-state index contributed by atoms with van der Waals surface area (Å²) >= 11 is 0. The van der Waals surface area contributed by atoms with Gasteiger partial charge in [-0.25, -0.2) is 4.79 Å². The second-order valence-electron chi connectivity index (χ2n) is 10.3. The molecular formula is C28H34N2O5Si. The minimum absolute atomic E-state index is 0.275. The maximum atomic E-state index is 12.6. The van der Waals surface area contributed by atoms with E-state index in [1.807, 2.05) is 36.4 Å². The summed E-state index contributed by atoms with van der Waals surface area (Å²) in [5.41, 5.74) is -0.596. The van der Waals surface area contributed by atoms with Crippen molar-refractivity contribution < 1.29 is 14.3 Å². The molecule has 7 nitrogen and oxygen atoms in total. The summed E-state index contributed by atoms with van der Waals surface area (Å²) in [6.45, 7) is 11.9. The fourth-order valence-corrected chi connectivity index (χ4v) is 9.80. The summed E-state index contributed by atoms with van der Waals surface area (Å²) < 4.78 is 14.8. The van der Waals surface area contributed by atoms with Gasteiger partial charge < -0.3 is 14.3 Å². The highest BCUT2D eigenvalue weighted by molar-refractivity contribution is 6.99. The van der Waals surface area contributed by atoms with Gasteiger partial charge in [0.1, 0.15) is 18.4 Å². The van der Waals surface area contributed by atoms with Crippen LogP contribution in [-0.2, 0) is 9.16 Å². The Bertz CT molecular complexity index is 1270. The van der Waals surface area contributed by atoms with Gasteiger partial charge in [-0.1, -0.05) is 87.5 Å². The van der Waals surface area contributed by atoms with Gasteiger partial charge in [-0.2, -0.15) is 0 Å². The lowest BCUT2D eigenvalue weighted by molar-refractivity contribution is -0.0657. The Hall–Kier alpha value is -3.04. The molecule has 1 unspecified atom stereocenters. The molecule has 1 aliphatic heterocycles. The number of aliphatic hydroxyl groups is 1. The van der Waals surface area contributed by atoms with E-state index in [1.54, 1.807) is 6.92 Å². The number of rotatable bonds is 7. The maximum absolute atomic E-state index is 12.6. The molecule has 0 spiro atoms. The van der Waals surface area contributed by atoms with Gasteiger partial charge in [0, 0.05) is 18.2 Å². The van der Waals surface area contributed by atoms with Crippen LogP contribution in [0.25, 0.3) is 0 Å². The molecule has 2 heterocycles. The summed E-state index contributed by atoms with van der Waals surface area (Å²) in [6.07, 6.45) is 0.255. The molecule has 2 N–H and O–H groups in total. The second-order valence-corrected chi connectivity index (χ2v) is 14.6. The van der Waals surface area contributed by atoms with E-state index in [9.17, 15) is 14.7 Å². The average Bonchev–Trinajstić information content (AvgIpc) is 3.28. The van der Waals surface area contributed by atoms with Crippen LogP contribution in [0, 0.1) is 6.92 Å². The molecule has 1 saturated heterocycles. The SMILES string of the molecule is C=CC(O)[C@H]1O[C@@H](n2cc(C)c(=O)[nH]c2=O)C[C@@H]1O[Si](c1ccccc1)(c1ccccc1)C(C)(C)C. The molecule has 190 valence electrons. The largest absolute Gasteiger partial charge is 0.402 e. The summed E-state index contributed by atoms with van der Waals surface area (Å²) in [7, 11) is -2.95. The molecule has 0 aliphatic carbocycles. The first-order valence-corrected chi connectivity index (χ1v) is 14.1. The zero-order valence-corrected chi connectivity index (χ0v) is 22.2. The lowest BCUT2D eigenvalue weighted by Gasteiger charge is -2.45. The number of ether oxygens (including phenoxy) is 1. The maximum Gasteiger partial charge on any atom is 0.330 e. The van der Waals surface area contributed by atoms with E-state index in [0.717, 1.165) is 10.4 Å². The van der Waals surface area contributed by atoms with Gasteiger partial charge in [0.15, 0.2) is 0 Å². The molecule has 0 saturated carbocycles. The molecule has 4 rings (SSSR count). The molecular weight excluding hydrogens is 472 g/mol. The first-order chi connectivity index (χ1) is 17.1. The summed E-state index contributed by atoms with van der Waals surface area (Å²) in [5.74, 6) is 0. The number of benzene rings is 2. The lowest BCUT2D eigenvalue weighted by Crippen LogP contribution is -2.68. The fraction of sp³-hybridized carbons (Fsp3) is 0.357. The van der Waals surface area contributed by atoms with Gasteiger partial charge in [-0.05, 0) is 22.3 Å². The molecule has 2 aromatic carbocycles. The Morgan fingerprint density at radius 2 is 1.67 bits per heavy atom. The van der Waals surface area contributed by atoms with Crippen molar-refractivity contribution in [3.05, 3.63) is 106 Å². The molecule has 1 aromatic heterocycles. The van der Waals surface area contributed by atoms with Gasteiger partial charge in [0.2, 0.25) is 0 Å². The van der Waals surface area contributed by atoms with Gasteiger partial charge in [-0.15, -0.1) is 6.58 Å². The lowest BCUT2D eigenvalue weighted by atomic mass is 10.1. The van der Waals surface area contributed by atoms with Gasteiger partial charge in [0.05, 0.1) is 6.10 Å². The molecule has 0 amide bonds. The average molecular weight is 507 g/mol. The van der Waals surface area contributed by atoms with Crippen LogP contribution >= 0.6 is 0 Å². The molecule has 0 radical (unpaired) electrons. The quantitative estimate of drug-likeness (QED) is 0.380. The molecule has 1 aliphatic rings. The van der Waals surface area contributed by atoms with Crippen LogP contribution in [0.5, 0.6) is 0 Å².